The van der Waals surface area contributed by atoms with Crippen LogP contribution in [0.2, 0.25) is 0 Å². The molecule has 8 nitrogen and oxygen atoms in total. The number of piperidine rings is 1. The second-order valence-corrected chi connectivity index (χ2v) is 10.2. The molecule has 1 unspecified atom stereocenters. The van der Waals surface area contributed by atoms with Crippen LogP contribution in [-0.2, 0) is 16.1 Å². The first kappa shape index (κ1) is 28.7. The van der Waals surface area contributed by atoms with E-state index in [-0.39, 0.29) is 36.4 Å². The van der Waals surface area contributed by atoms with E-state index in [1.54, 1.807) is 31.2 Å². The maximum atomic E-state index is 14.7. The van der Waals surface area contributed by atoms with Gasteiger partial charge in [0.25, 0.3) is 5.91 Å². The lowest BCUT2D eigenvalue weighted by Crippen LogP contribution is -2.52. The summed E-state index contributed by atoms with van der Waals surface area (Å²) in [5.74, 6) is 4.11. The van der Waals surface area contributed by atoms with Gasteiger partial charge in [-0.3, -0.25) is 24.5 Å². The van der Waals surface area contributed by atoms with Crippen LogP contribution in [0.1, 0.15) is 95.7 Å². The quantitative estimate of drug-likeness (QED) is 0.126. The van der Waals surface area contributed by atoms with Gasteiger partial charge in [-0.2, -0.15) is 0 Å². The number of hydrogen-bond acceptors (Lipinski definition) is 6. The summed E-state index contributed by atoms with van der Waals surface area (Å²) in [5.41, 5.74) is 3.74. The van der Waals surface area contributed by atoms with Crippen LogP contribution in [0.25, 0.3) is 0 Å². The molecule has 0 bridgehead atoms. The fourth-order valence-electron chi connectivity index (χ4n) is 5.04. The number of carbonyl (C=O) groups is 4. The molecule has 0 radical (unpaired) electrons. The van der Waals surface area contributed by atoms with Crippen molar-refractivity contribution >= 4 is 35.4 Å². The molecule has 2 heterocycles. The molecule has 2 aromatic rings. The van der Waals surface area contributed by atoms with Gasteiger partial charge < -0.3 is 15.6 Å². The van der Waals surface area contributed by atoms with Crippen molar-refractivity contribution in [2.45, 2.75) is 70.9 Å². The number of fused-ring (bicyclic) bond motifs is 1. The molecule has 1 atom stereocenters. The Hall–Kier alpha value is -4.32. The average molecular weight is 545 g/mol. The lowest BCUT2D eigenvalue weighted by molar-refractivity contribution is -0.136. The summed E-state index contributed by atoms with van der Waals surface area (Å²) in [4.78, 5) is 48.9. The number of aldehydes is 1. The van der Waals surface area contributed by atoms with Gasteiger partial charge >= 0.3 is 0 Å². The Labute approximate surface area is 233 Å². The molecule has 3 amide bonds. The second kappa shape index (κ2) is 13.2. The van der Waals surface area contributed by atoms with E-state index >= 15 is 0 Å². The van der Waals surface area contributed by atoms with Gasteiger partial charge in [0.15, 0.2) is 0 Å². The summed E-state index contributed by atoms with van der Waals surface area (Å²) in [6, 6.07) is 7.33. The molecular weight excluding hydrogens is 511 g/mol. The number of unbranched alkanes of at least 4 members (excludes halogenated alkanes) is 5. The van der Waals surface area contributed by atoms with Crippen molar-refractivity contribution in [3.05, 3.63) is 64.0 Å². The van der Waals surface area contributed by atoms with E-state index in [4.69, 9.17) is 5.41 Å². The van der Waals surface area contributed by atoms with Crippen LogP contribution in [0.15, 0.2) is 30.3 Å². The zero-order chi connectivity index (χ0) is 28.6. The Bertz CT molecular complexity index is 1410. The van der Waals surface area contributed by atoms with Gasteiger partial charge in [-0.15, -0.1) is 0 Å². The van der Waals surface area contributed by atoms with Gasteiger partial charge in [0, 0.05) is 54.0 Å². The molecule has 0 spiro atoms. The maximum absolute atomic E-state index is 14.7. The molecule has 3 N–H and O–H groups in total. The Morgan fingerprint density at radius 3 is 2.67 bits per heavy atom. The predicted molar refractivity (Wildman–Crippen MR) is 150 cm³/mol. The molecule has 4 rings (SSSR count). The van der Waals surface area contributed by atoms with E-state index < -0.39 is 23.7 Å². The first-order valence-corrected chi connectivity index (χ1v) is 13.6. The number of imide groups is 1. The molecule has 9 heteroatoms. The molecule has 0 aliphatic carbocycles. The molecule has 2 aromatic carbocycles. The fraction of sp³-hybridized carbons (Fsp3) is 0.387. The molecule has 0 aromatic heterocycles. The topological polar surface area (TPSA) is 119 Å². The highest BCUT2D eigenvalue weighted by atomic mass is 19.1. The summed E-state index contributed by atoms with van der Waals surface area (Å²) in [7, 11) is 0. The van der Waals surface area contributed by atoms with E-state index in [0.29, 0.717) is 23.3 Å². The fourth-order valence-corrected chi connectivity index (χ4v) is 5.04. The number of benzene rings is 2. The Balaban J connectivity index is 1.19. The van der Waals surface area contributed by atoms with Crippen LogP contribution >= 0.6 is 0 Å². The Morgan fingerprint density at radius 2 is 1.93 bits per heavy atom. The standard InChI is InChI=1S/C31H33FN4O4/c1-20(33)24-11-10-21(19-37)15-27(24)34-14-8-6-4-2-3-5-7-9-22-16-23-18-36(31(40)25(23)17-26(22)32)28-12-13-29(38)35-30(28)39/h10-11,15-17,19,28,33-34H,2-6,8,12-14,18H2,1H3,(H,35,38,39). The Morgan fingerprint density at radius 1 is 1.15 bits per heavy atom. The smallest absolute Gasteiger partial charge is 0.255 e. The van der Waals surface area contributed by atoms with Crippen molar-refractivity contribution in [3.8, 4) is 11.8 Å². The molecule has 1 fully saturated rings. The largest absolute Gasteiger partial charge is 0.384 e. The average Bonchev–Trinajstić information content (AvgIpc) is 3.24. The third-order valence-electron chi connectivity index (χ3n) is 7.21. The van der Waals surface area contributed by atoms with E-state index in [1.807, 2.05) is 0 Å². The second-order valence-electron chi connectivity index (χ2n) is 10.2. The van der Waals surface area contributed by atoms with E-state index in [2.05, 4.69) is 22.5 Å². The number of halogens is 1. The van der Waals surface area contributed by atoms with E-state index in [1.165, 1.54) is 11.0 Å². The van der Waals surface area contributed by atoms with Gasteiger partial charge in [-0.25, -0.2) is 4.39 Å². The minimum Gasteiger partial charge on any atom is -0.384 e. The minimum absolute atomic E-state index is 0.168. The van der Waals surface area contributed by atoms with Crippen LogP contribution in [-0.4, -0.2) is 47.2 Å². The number of nitrogens with zero attached hydrogens (tertiary/aromatic N) is 1. The number of carbonyl (C=O) groups excluding carboxylic acids is 4. The molecule has 208 valence electrons. The molecule has 2 aliphatic rings. The number of anilines is 1. The van der Waals surface area contributed by atoms with Crippen molar-refractivity contribution < 1.29 is 23.6 Å². The predicted octanol–water partition coefficient (Wildman–Crippen LogP) is 4.59. The van der Waals surface area contributed by atoms with Gasteiger partial charge in [0.1, 0.15) is 18.1 Å². The molecule has 40 heavy (non-hydrogen) atoms. The summed E-state index contributed by atoms with van der Waals surface area (Å²) >= 11 is 0. The van der Waals surface area contributed by atoms with Crippen molar-refractivity contribution in [2.24, 2.45) is 0 Å². The van der Waals surface area contributed by atoms with Crippen LogP contribution in [0, 0.1) is 23.1 Å². The molecular formula is C31H33FN4O4. The van der Waals surface area contributed by atoms with Crippen LogP contribution in [0.4, 0.5) is 10.1 Å². The van der Waals surface area contributed by atoms with E-state index in [0.717, 1.165) is 56.2 Å². The summed E-state index contributed by atoms with van der Waals surface area (Å²) in [5, 5.41) is 13.5. The molecule has 1 saturated heterocycles. The lowest BCUT2D eigenvalue weighted by Gasteiger charge is -2.29. The Kier molecular flexibility index (Phi) is 9.43. The van der Waals surface area contributed by atoms with Crippen LogP contribution in [0.3, 0.4) is 0 Å². The monoisotopic (exact) mass is 544 g/mol. The highest BCUT2D eigenvalue weighted by Crippen LogP contribution is 2.29. The van der Waals surface area contributed by atoms with Gasteiger partial charge in [-0.1, -0.05) is 43.2 Å². The summed E-state index contributed by atoms with van der Waals surface area (Å²) < 4.78 is 14.7. The molecule has 0 saturated carbocycles. The van der Waals surface area contributed by atoms with Gasteiger partial charge in [-0.05, 0) is 49.9 Å². The number of hydrogen-bond donors (Lipinski definition) is 3. The van der Waals surface area contributed by atoms with Crippen molar-refractivity contribution in [1.82, 2.24) is 10.2 Å². The van der Waals surface area contributed by atoms with Gasteiger partial charge in [0.2, 0.25) is 11.8 Å². The summed E-state index contributed by atoms with van der Waals surface area (Å²) in [6.45, 7) is 2.67. The highest BCUT2D eigenvalue weighted by molar-refractivity contribution is 6.05. The zero-order valence-electron chi connectivity index (χ0n) is 22.6. The van der Waals surface area contributed by atoms with Crippen molar-refractivity contribution in [3.63, 3.8) is 0 Å². The van der Waals surface area contributed by atoms with Crippen molar-refractivity contribution in [2.75, 3.05) is 11.9 Å². The van der Waals surface area contributed by atoms with Gasteiger partial charge in [0.05, 0.1) is 5.56 Å². The number of amides is 3. The SMILES string of the molecule is CC(=N)c1ccc(C=O)cc1NCCCCCCCC#Cc1cc2c(cc1F)C(=O)N(C1CCC(=O)NC1=O)C2. The van der Waals surface area contributed by atoms with Crippen molar-refractivity contribution in [1.29, 1.82) is 5.41 Å². The third-order valence-corrected chi connectivity index (χ3v) is 7.21. The highest BCUT2D eigenvalue weighted by Gasteiger charge is 2.39. The maximum Gasteiger partial charge on any atom is 0.255 e. The number of rotatable bonds is 11. The minimum atomic E-state index is -0.733. The molecule has 2 aliphatic heterocycles. The van der Waals surface area contributed by atoms with Crippen LogP contribution in [0.5, 0.6) is 0 Å². The van der Waals surface area contributed by atoms with Crippen LogP contribution < -0.4 is 10.6 Å². The number of nitrogens with one attached hydrogen (secondary N) is 3. The summed E-state index contributed by atoms with van der Waals surface area (Å²) in [6.07, 6.45) is 6.80. The normalized spacial score (nSPS) is 16.2. The lowest BCUT2D eigenvalue weighted by atomic mass is 10.0. The first-order chi connectivity index (χ1) is 19.3. The third kappa shape index (κ3) is 6.81. The van der Waals surface area contributed by atoms with E-state index in [9.17, 15) is 23.6 Å². The zero-order valence-corrected chi connectivity index (χ0v) is 22.6. The first-order valence-electron chi connectivity index (χ1n) is 13.6.